The molecule has 0 radical (unpaired) electrons. The first-order valence-electron chi connectivity index (χ1n) is 5.35. The molecule has 0 saturated carbocycles. The molecule has 0 aliphatic rings. The zero-order valence-corrected chi connectivity index (χ0v) is 10.1. The highest BCUT2D eigenvalue weighted by Crippen LogP contribution is 2.22. The van der Waals surface area contributed by atoms with Gasteiger partial charge in [-0.1, -0.05) is 6.07 Å². The Morgan fingerprint density at radius 2 is 2.00 bits per heavy atom. The van der Waals surface area contributed by atoms with E-state index in [0.717, 1.165) is 0 Å². The standard InChI is InChI=1S/C12H13FN4O/c1-7-3-4-9(6-10(7)13)18-11-5-8(2)15-12(16-11)17-14/h3-6H,14H2,1-2H3,(H,15,16,17). The van der Waals surface area contributed by atoms with Gasteiger partial charge in [0.2, 0.25) is 11.8 Å². The van der Waals surface area contributed by atoms with Crippen LogP contribution in [0.25, 0.3) is 0 Å². The lowest BCUT2D eigenvalue weighted by molar-refractivity contribution is 0.456. The average Bonchev–Trinajstić information content (AvgIpc) is 2.33. The van der Waals surface area contributed by atoms with Crippen LogP contribution in [0.3, 0.4) is 0 Å². The third-order valence-corrected chi connectivity index (χ3v) is 2.33. The molecule has 0 aliphatic carbocycles. The molecule has 1 heterocycles. The molecule has 5 nitrogen and oxygen atoms in total. The second kappa shape index (κ2) is 4.97. The summed E-state index contributed by atoms with van der Waals surface area (Å²) in [4.78, 5) is 8.03. The quantitative estimate of drug-likeness (QED) is 0.644. The smallest absolute Gasteiger partial charge is 0.240 e. The maximum atomic E-state index is 13.4. The van der Waals surface area contributed by atoms with Crippen LogP contribution in [0.4, 0.5) is 10.3 Å². The number of benzene rings is 1. The lowest BCUT2D eigenvalue weighted by Gasteiger charge is -2.07. The maximum Gasteiger partial charge on any atom is 0.240 e. The van der Waals surface area contributed by atoms with Crippen molar-refractivity contribution in [2.45, 2.75) is 13.8 Å². The molecule has 6 heteroatoms. The zero-order valence-electron chi connectivity index (χ0n) is 10.1. The fraction of sp³-hybridized carbons (Fsp3) is 0.167. The van der Waals surface area contributed by atoms with Crippen molar-refractivity contribution in [3.8, 4) is 11.6 Å². The Balaban J connectivity index is 2.27. The first-order chi connectivity index (χ1) is 8.58. The molecule has 2 rings (SSSR count). The van der Waals surface area contributed by atoms with Crippen LogP contribution in [-0.4, -0.2) is 9.97 Å². The van der Waals surface area contributed by atoms with Crippen molar-refractivity contribution in [3.05, 3.63) is 41.3 Å². The van der Waals surface area contributed by atoms with Crippen LogP contribution in [0, 0.1) is 19.7 Å². The van der Waals surface area contributed by atoms with Gasteiger partial charge in [-0.2, -0.15) is 4.98 Å². The number of rotatable bonds is 3. The molecule has 0 atom stereocenters. The minimum absolute atomic E-state index is 0.248. The normalized spacial score (nSPS) is 10.2. The Hall–Kier alpha value is -2.21. The summed E-state index contributed by atoms with van der Waals surface area (Å²) in [6.07, 6.45) is 0. The van der Waals surface area contributed by atoms with Crippen LogP contribution in [0.2, 0.25) is 0 Å². The van der Waals surface area contributed by atoms with E-state index in [1.807, 2.05) is 0 Å². The van der Waals surface area contributed by atoms with Gasteiger partial charge in [-0.15, -0.1) is 0 Å². The van der Waals surface area contributed by atoms with Crippen molar-refractivity contribution in [1.82, 2.24) is 9.97 Å². The fourth-order valence-corrected chi connectivity index (χ4v) is 1.41. The third-order valence-electron chi connectivity index (χ3n) is 2.33. The predicted molar refractivity (Wildman–Crippen MR) is 65.8 cm³/mol. The van der Waals surface area contributed by atoms with Crippen molar-refractivity contribution in [3.63, 3.8) is 0 Å². The second-order valence-electron chi connectivity index (χ2n) is 3.83. The Bertz CT molecular complexity index is 574. The predicted octanol–water partition coefficient (Wildman–Crippen LogP) is 2.31. The summed E-state index contributed by atoms with van der Waals surface area (Å²) in [6, 6.07) is 6.26. The van der Waals surface area contributed by atoms with Gasteiger partial charge in [-0.25, -0.2) is 15.2 Å². The van der Waals surface area contributed by atoms with Crippen molar-refractivity contribution in [1.29, 1.82) is 0 Å². The maximum absolute atomic E-state index is 13.4. The number of aromatic nitrogens is 2. The Kier molecular flexibility index (Phi) is 3.38. The first-order valence-corrected chi connectivity index (χ1v) is 5.35. The van der Waals surface area contributed by atoms with Gasteiger partial charge in [0.25, 0.3) is 0 Å². The van der Waals surface area contributed by atoms with Crippen LogP contribution in [0.1, 0.15) is 11.3 Å². The minimum atomic E-state index is -0.324. The molecule has 0 bridgehead atoms. The summed E-state index contributed by atoms with van der Waals surface area (Å²) in [5.41, 5.74) is 3.59. The van der Waals surface area contributed by atoms with E-state index in [0.29, 0.717) is 22.9 Å². The molecular formula is C12H13FN4O. The van der Waals surface area contributed by atoms with Crippen molar-refractivity contribution < 1.29 is 9.13 Å². The van der Waals surface area contributed by atoms with Crippen LogP contribution in [-0.2, 0) is 0 Å². The molecule has 0 spiro atoms. The summed E-state index contributed by atoms with van der Waals surface area (Å²) in [6.45, 7) is 3.47. The van der Waals surface area contributed by atoms with Gasteiger partial charge < -0.3 is 4.74 Å². The van der Waals surface area contributed by atoms with E-state index in [1.165, 1.54) is 6.07 Å². The molecule has 0 amide bonds. The van der Waals surface area contributed by atoms with Crippen LogP contribution in [0.5, 0.6) is 11.6 Å². The largest absolute Gasteiger partial charge is 0.439 e. The molecule has 18 heavy (non-hydrogen) atoms. The molecule has 0 unspecified atom stereocenters. The molecule has 0 fully saturated rings. The lowest BCUT2D eigenvalue weighted by atomic mass is 10.2. The van der Waals surface area contributed by atoms with E-state index in [9.17, 15) is 4.39 Å². The zero-order chi connectivity index (χ0) is 13.1. The first kappa shape index (κ1) is 12.3. The Morgan fingerprint density at radius 3 is 2.67 bits per heavy atom. The van der Waals surface area contributed by atoms with Crippen LogP contribution in [0.15, 0.2) is 24.3 Å². The second-order valence-corrected chi connectivity index (χ2v) is 3.83. The molecular weight excluding hydrogens is 235 g/mol. The van der Waals surface area contributed by atoms with E-state index in [-0.39, 0.29) is 11.8 Å². The van der Waals surface area contributed by atoms with Gasteiger partial charge in [-0.3, -0.25) is 5.43 Å². The highest BCUT2D eigenvalue weighted by molar-refractivity contribution is 5.34. The van der Waals surface area contributed by atoms with E-state index < -0.39 is 0 Å². The number of nitrogens with zero attached hydrogens (tertiary/aromatic N) is 2. The number of hydrogen-bond acceptors (Lipinski definition) is 5. The number of hydrazine groups is 1. The van der Waals surface area contributed by atoms with Gasteiger partial charge >= 0.3 is 0 Å². The van der Waals surface area contributed by atoms with Crippen molar-refractivity contribution in [2.24, 2.45) is 5.84 Å². The van der Waals surface area contributed by atoms with Gasteiger partial charge in [0.15, 0.2) is 0 Å². The number of nitrogen functional groups attached to an aromatic ring is 1. The summed E-state index contributed by atoms with van der Waals surface area (Å²) in [5, 5.41) is 0. The monoisotopic (exact) mass is 248 g/mol. The number of anilines is 1. The van der Waals surface area contributed by atoms with Gasteiger partial charge in [0.05, 0.1) is 0 Å². The van der Waals surface area contributed by atoms with Gasteiger partial charge in [-0.05, 0) is 25.5 Å². The van der Waals surface area contributed by atoms with E-state index in [4.69, 9.17) is 10.6 Å². The minimum Gasteiger partial charge on any atom is -0.439 e. The molecule has 94 valence electrons. The average molecular weight is 248 g/mol. The topological polar surface area (TPSA) is 73.1 Å². The van der Waals surface area contributed by atoms with Crippen molar-refractivity contribution in [2.75, 3.05) is 5.43 Å². The summed E-state index contributed by atoms with van der Waals surface area (Å²) in [5.74, 6) is 5.84. The van der Waals surface area contributed by atoms with Gasteiger partial charge in [0, 0.05) is 17.8 Å². The van der Waals surface area contributed by atoms with Crippen LogP contribution >= 0.6 is 0 Å². The summed E-state index contributed by atoms with van der Waals surface area (Å²) in [7, 11) is 0. The number of nitrogens with one attached hydrogen (secondary N) is 1. The number of nitrogens with two attached hydrogens (primary N) is 1. The number of aryl methyl sites for hydroxylation is 2. The fourth-order valence-electron chi connectivity index (χ4n) is 1.41. The highest BCUT2D eigenvalue weighted by Gasteiger charge is 2.05. The molecule has 1 aromatic heterocycles. The van der Waals surface area contributed by atoms with Gasteiger partial charge in [0.1, 0.15) is 11.6 Å². The molecule has 0 saturated heterocycles. The molecule has 3 N–H and O–H groups in total. The van der Waals surface area contributed by atoms with E-state index in [2.05, 4.69) is 15.4 Å². The SMILES string of the molecule is Cc1cc(Oc2ccc(C)c(F)c2)nc(NN)n1. The Morgan fingerprint density at radius 1 is 1.22 bits per heavy atom. The highest BCUT2D eigenvalue weighted by atomic mass is 19.1. The lowest BCUT2D eigenvalue weighted by Crippen LogP contribution is -2.11. The molecule has 0 aliphatic heterocycles. The van der Waals surface area contributed by atoms with E-state index in [1.54, 1.807) is 32.0 Å². The third kappa shape index (κ3) is 2.72. The number of ether oxygens (including phenoxy) is 1. The molecule has 2 aromatic rings. The van der Waals surface area contributed by atoms with E-state index >= 15 is 0 Å². The number of hydrogen-bond donors (Lipinski definition) is 2. The molecule has 1 aromatic carbocycles. The number of halogens is 1. The summed E-state index contributed by atoms with van der Waals surface area (Å²) >= 11 is 0. The van der Waals surface area contributed by atoms with Crippen molar-refractivity contribution >= 4 is 5.95 Å². The summed E-state index contributed by atoms with van der Waals surface area (Å²) < 4.78 is 18.8. The Labute approximate surface area is 104 Å². The van der Waals surface area contributed by atoms with Crippen LogP contribution < -0.4 is 16.0 Å².